The number of amides is 2. The van der Waals surface area contributed by atoms with E-state index >= 15 is 0 Å². The summed E-state index contributed by atoms with van der Waals surface area (Å²) in [6.45, 7) is 2.79. The number of nitrogens with one attached hydrogen (secondary N) is 1. The van der Waals surface area contributed by atoms with Crippen LogP contribution in [-0.4, -0.2) is 25.0 Å². The van der Waals surface area contributed by atoms with Gasteiger partial charge in [0.15, 0.2) is 0 Å². The third kappa shape index (κ3) is 4.02. The van der Waals surface area contributed by atoms with E-state index in [2.05, 4.69) is 21.2 Å². The van der Waals surface area contributed by atoms with Crippen LogP contribution < -0.4 is 15.0 Å². The van der Waals surface area contributed by atoms with E-state index in [1.807, 2.05) is 49.4 Å². The van der Waals surface area contributed by atoms with Crippen molar-refractivity contribution in [1.29, 1.82) is 0 Å². The monoisotopic (exact) mass is 402 g/mol. The van der Waals surface area contributed by atoms with E-state index in [1.165, 1.54) is 0 Å². The average molecular weight is 403 g/mol. The average Bonchev–Trinajstić information content (AvgIpc) is 2.99. The molecule has 1 atom stereocenters. The van der Waals surface area contributed by atoms with Crippen LogP contribution in [0.2, 0.25) is 0 Å². The number of para-hydroxylation sites is 2. The minimum absolute atomic E-state index is 0.0451. The Morgan fingerprint density at radius 1 is 1.28 bits per heavy atom. The van der Waals surface area contributed by atoms with Gasteiger partial charge in [-0.3, -0.25) is 9.59 Å². The Morgan fingerprint density at radius 3 is 2.84 bits per heavy atom. The number of benzene rings is 2. The first-order valence-corrected chi connectivity index (χ1v) is 8.96. The zero-order valence-corrected chi connectivity index (χ0v) is 15.5. The first-order chi connectivity index (χ1) is 12.1. The minimum Gasteiger partial charge on any atom is -0.492 e. The van der Waals surface area contributed by atoms with Crippen molar-refractivity contribution in [3.05, 3.63) is 53.0 Å². The van der Waals surface area contributed by atoms with E-state index in [0.717, 1.165) is 10.2 Å². The topological polar surface area (TPSA) is 58.6 Å². The van der Waals surface area contributed by atoms with Crippen molar-refractivity contribution in [3.63, 3.8) is 0 Å². The highest BCUT2D eigenvalue weighted by Gasteiger charge is 2.35. The summed E-state index contributed by atoms with van der Waals surface area (Å²) in [5, 5.41) is 2.89. The molecule has 1 aliphatic heterocycles. The lowest BCUT2D eigenvalue weighted by Crippen LogP contribution is -2.28. The summed E-state index contributed by atoms with van der Waals surface area (Å²) in [7, 11) is 0. The quantitative estimate of drug-likeness (QED) is 0.826. The van der Waals surface area contributed by atoms with Gasteiger partial charge in [-0.05, 0) is 37.3 Å². The maximum atomic E-state index is 12.6. The van der Waals surface area contributed by atoms with Crippen molar-refractivity contribution in [1.82, 2.24) is 0 Å². The number of halogens is 1. The van der Waals surface area contributed by atoms with E-state index in [-0.39, 0.29) is 24.2 Å². The molecule has 6 heteroatoms. The Bertz CT molecular complexity index is 794. The van der Waals surface area contributed by atoms with Gasteiger partial charge in [-0.25, -0.2) is 0 Å². The van der Waals surface area contributed by atoms with Gasteiger partial charge in [0.1, 0.15) is 5.75 Å². The van der Waals surface area contributed by atoms with Gasteiger partial charge in [0.25, 0.3) is 0 Å². The summed E-state index contributed by atoms with van der Waals surface area (Å²) in [6, 6.07) is 14.8. The molecule has 0 aromatic heterocycles. The SMILES string of the molecule is CCOc1ccccc1NC(=O)C1CC(=O)N(c2cccc(Br)c2)C1. The standard InChI is InChI=1S/C19H19BrN2O3/c1-2-25-17-9-4-3-8-16(17)21-19(24)13-10-18(23)22(12-13)15-7-5-6-14(20)11-15/h3-9,11,13H,2,10,12H2,1H3,(H,21,24). The number of carbonyl (C=O) groups excluding carboxylic acids is 2. The Labute approximate surface area is 155 Å². The number of nitrogens with zero attached hydrogens (tertiary/aromatic N) is 1. The van der Waals surface area contributed by atoms with Crippen molar-refractivity contribution in [2.24, 2.45) is 5.92 Å². The second-order valence-corrected chi connectivity index (χ2v) is 6.72. The van der Waals surface area contributed by atoms with Gasteiger partial charge in [-0.2, -0.15) is 0 Å². The highest BCUT2D eigenvalue weighted by atomic mass is 79.9. The Balaban J connectivity index is 1.71. The van der Waals surface area contributed by atoms with Crippen molar-refractivity contribution < 1.29 is 14.3 Å². The summed E-state index contributed by atoms with van der Waals surface area (Å²) in [4.78, 5) is 26.6. The molecular formula is C19H19BrN2O3. The van der Waals surface area contributed by atoms with Gasteiger partial charge in [-0.15, -0.1) is 0 Å². The molecular weight excluding hydrogens is 384 g/mol. The molecule has 1 heterocycles. The molecule has 1 N–H and O–H groups in total. The number of ether oxygens (including phenoxy) is 1. The van der Waals surface area contributed by atoms with Crippen LogP contribution in [0.3, 0.4) is 0 Å². The summed E-state index contributed by atoms with van der Waals surface area (Å²) in [5.41, 5.74) is 1.42. The zero-order valence-electron chi connectivity index (χ0n) is 13.9. The number of rotatable bonds is 5. The molecule has 25 heavy (non-hydrogen) atoms. The lowest BCUT2D eigenvalue weighted by Gasteiger charge is -2.17. The Kier molecular flexibility index (Phi) is 5.38. The molecule has 3 rings (SSSR count). The largest absolute Gasteiger partial charge is 0.492 e. The van der Waals surface area contributed by atoms with E-state index in [0.29, 0.717) is 24.6 Å². The third-order valence-electron chi connectivity index (χ3n) is 4.06. The Morgan fingerprint density at radius 2 is 2.08 bits per heavy atom. The molecule has 2 aromatic carbocycles. The van der Waals surface area contributed by atoms with Gasteiger partial charge < -0.3 is 15.0 Å². The maximum absolute atomic E-state index is 12.6. The lowest BCUT2D eigenvalue weighted by atomic mass is 10.1. The predicted octanol–water partition coefficient (Wildman–Crippen LogP) is 3.84. The van der Waals surface area contributed by atoms with Crippen LogP contribution in [0, 0.1) is 5.92 Å². The Hall–Kier alpha value is -2.34. The molecule has 1 fully saturated rings. The van der Waals surface area contributed by atoms with Crippen LogP contribution in [0.1, 0.15) is 13.3 Å². The smallest absolute Gasteiger partial charge is 0.229 e. The summed E-state index contributed by atoms with van der Waals surface area (Å²) < 4.78 is 6.43. The van der Waals surface area contributed by atoms with E-state index in [4.69, 9.17) is 4.74 Å². The predicted molar refractivity (Wildman–Crippen MR) is 101 cm³/mol. The highest BCUT2D eigenvalue weighted by Crippen LogP contribution is 2.29. The van der Waals surface area contributed by atoms with Crippen LogP contribution in [0.25, 0.3) is 0 Å². The van der Waals surface area contributed by atoms with Crippen molar-refractivity contribution in [2.75, 3.05) is 23.4 Å². The first kappa shape index (κ1) is 17.5. The summed E-state index contributed by atoms with van der Waals surface area (Å²) in [6.07, 6.45) is 0.204. The van der Waals surface area contributed by atoms with Gasteiger partial charge >= 0.3 is 0 Å². The molecule has 5 nitrogen and oxygen atoms in total. The van der Waals surface area contributed by atoms with Crippen LogP contribution >= 0.6 is 15.9 Å². The molecule has 1 unspecified atom stereocenters. The zero-order chi connectivity index (χ0) is 17.8. The molecule has 1 aliphatic rings. The minimum atomic E-state index is -0.388. The number of carbonyl (C=O) groups is 2. The van der Waals surface area contributed by atoms with Crippen molar-refractivity contribution in [3.8, 4) is 5.75 Å². The molecule has 0 radical (unpaired) electrons. The molecule has 0 aliphatic carbocycles. The number of hydrogen-bond acceptors (Lipinski definition) is 3. The summed E-state index contributed by atoms with van der Waals surface area (Å²) in [5.74, 6) is 0.0297. The first-order valence-electron chi connectivity index (χ1n) is 8.17. The van der Waals surface area contributed by atoms with E-state index in [9.17, 15) is 9.59 Å². The normalized spacial score (nSPS) is 16.8. The highest BCUT2D eigenvalue weighted by molar-refractivity contribution is 9.10. The molecule has 0 spiro atoms. The van der Waals surface area contributed by atoms with E-state index in [1.54, 1.807) is 11.0 Å². The third-order valence-corrected chi connectivity index (χ3v) is 4.55. The van der Waals surface area contributed by atoms with Gasteiger partial charge in [0, 0.05) is 23.1 Å². The fourth-order valence-electron chi connectivity index (χ4n) is 2.86. The number of hydrogen-bond donors (Lipinski definition) is 1. The van der Waals surface area contributed by atoms with Crippen LogP contribution in [-0.2, 0) is 9.59 Å². The van der Waals surface area contributed by atoms with Crippen molar-refractivity contribution >= 4 is 39.1 Å². The molecule has 0 bridgehead atoms. The summed E-state index contributed by atoms with van der Waals surface area (Å²) >= 11 is 3.41. The molecule has 130 valence electrons. The second-order valence-electron chi connectivity index (χ2n) is 5.80. The van der Waals surface area contributed by atoms with Gasteiger partial charge in [0.05, 0.1) is 18.2 Å². The second kappa shape index (κ2) is 7.70. The van der Waals surface area contributed by atoms with Gasteiger partial charge in [-0.1, -0.05) is 34.1 Å². The molecule has 2 aromatic rings. The van der Waals surface area contributed by atoms with E-state index < -0.39 is 0 Å². The fraction of sp³-hybridized carbons (Fsp3) is 0.263. The molecule has 2 amide bonds. The number of anilines is 2. The maximum Gasteiger partial charge on any atom is 0.229 e. The van der Waals surface area contributed by atoms with Crippen LogP contribution in [0.5, 0.6) is 5.75 Å². The molecule has 0 saturated carbocycles. The van der Waals surface area contributed by atoms with Crippen LogP contribution in [0.4, 0.5) is 11.4 Å². The van der Waals surface area contributed by atoms with Crippen molar-refractivity contribution in [2.45, 2.75) is 13.3 Å². The van der Waals surface area contributed by atoms with Crippen LogP contribution in [0.15, 0.2) is 53.0 Å². The molecule has 1 saturated heterocycles. The lowest BCUT2D eigenvalue weighted by molar-refractivity contribution is -0.122. The fourth-order valence-corrected chi connectivity index (χ4v) is 3.25. The van der Waals surface area contributed by atoms with Gasteiger partial charge in [0.2, 0.25) is 11.8 Å².